The van der Waals surface area contributed by atoms with Gasteiger partial charge in [-0.25, -0.2) is 0 Å². The Morgan fingerprint density at radius 2 is 1.03 bits per heavy atom. The van der Waals surface area contributed by atoms with E-state index in [-0.39, 0.29) is 64.8 Å². The fourth-order valence-electron chi connectivity index (χ4n) is 3.22. The normalized spacial score (nSPS) is 19.8. The van der Waals surface area contributed by atoms with E-state index < -0.39 is 0 Å². The largest absolute Gasteiger partial charge is 0.506 e. The van der Waals surface area contributed by atoms with Crippen LogP contribution >= 0.6 is 69.6 Å². The second-order valence-corrected chi connectivity index (χ2v) is 9.19. The SMILES string of the molecule is Oc1c(Cl)cc(Cl)c(Cl)c1C=N[C@@H]1CCCC[C@H]1N=Cc1c(O)c(Cl)cc(Cl)c1Cl. The van der Waals surface area contributed by atoms with Gasteiger partial charge < -0.3 is 10.2 Å². The highest BCUT2D eigenvalue weighted by Gasteiger charge is 2.24. The van der Waals surface area contributed by atoms with E-state index in [1.54, 1.807) is 0 Å². The molecule has 0 heterocycles. The van der Waals surface area contributed by atoms with Crippen molar-refractivity contribution in [2.24, 2.45) is 9.98 Å². The number of benzene rings is 2. The lowest BCUT2D eigenvalue weighted by molar-refractivity contribution is 0.390. The van der Waals surface area contributed by atoms with E-state index in [1.165, 1.54) is 24.6 Å². The molecule has 0 spiro atoms. The van der Waals surface area contributed by atoms with Crippen LogP contribution in [0.5, 0.6) is 11.5 Å². The predicted molar refractivity (Wildman–Crippen MR) is 128 cm³/mol. The summed E-state index contributed by atoms with van der Waals surface area (Å²) in [6.07, 6.45) is 6.49. The Labute approximate surface area is 204 Å². The molecule has 0 unspecified atom stereocenters. The number of hydrogen-bond acceptors (Lipinski definition) is 4. The second kappa shape index (κ2) is 10.2. The minimum atomic E-state index is -0.184. The van der Waals surface area contributed by atoms with Gasteiger partial charge >= 0.3 is 0 Å². The molecule has 0 aliphatic heterocycles. The van der Waals surface area contributed by atoms with Crippen LogP contribution in [0.1, 0.15) is 36.8 Å². The zero-order valence-electron chi connectivity index (χ0n) is 15.3. The van der Waals surface area contributed by atoms with Crippen LogP contribution in [0.25, 0.3) is 0 Å². The van der Waals surface area contributed by atoms with E-state index in [1.807, 2.05) is 0 Å². The number of aliphatic imine (C=N–C) groups is 2. The summed E-state index contributed by atoms with van der Waals surface area (Å²) in [6.45, 7) is 0. The van der Waals surface area contributed by atoms with Gasteiger partial charge in [0.1, 0.15) is 11.5 Å². The van der Waals surface area contributed by atoms with Crippen LogP contribution in [0, 0.1) is 0 Å². The van der Waals surface area contributed by atoms with Crippen molar-refractivity contribution in [3.63, 3.8) is 0 Å². The molecule has 0 aromatic heterocycles. The van der Waals surface area contributed by atoms with Gasteiger partial charge in [-0.2, -0.15) is 0 Å². The Morgan fingerprint density at radius 3 is 1.40 bits per heavy atom. The van der Waals surface area contributed by atoms with Crippen molar-refractivity contribution in [3.8, 4) is 11.5 Å². The molecule has 2 N–H and O–H groups in total. The fourth-order valence-corrected chi connectivity index (χ4v) is 4.57. The van der Waals surface area contributed by atoms with Crippen LogP contribution in [0.4, 0.5) is 0 Å². The molecule has 160 valence electrons. The van der Waals surface area contributed by atoms with Crippen molar-refractivity contribution in [2.75, 3.05) is 0 Å². The summed E-state index contributed by atoms with van der Waals surface area (Å²) < 4.78 is 0. The van der Waals surface area contributed by atoms with Crippen LogP contribution in [0.2, 0.25) is 30.1 Å². The minimum absolute atomic E-state index is 0.0898. The van der Waals surface area contributed by atoms with Gasteiger partial charge in [0, 0.05) is 12.4 Å². The summed E-state index contributed by atoms with van der Waals surface area (Å²) in [5.74, 6) is -0.369. The molecule has 1 aliphatic carbocycles. The van der Waals surface area contributed by atoms with E-state index >= 15 is 0 Å². The van der Waals surface area contributed by atoms with Crippen LogP contribution < -0.4 is 0 Å². The number of phenolic OH excluding ortho intramolecular Hbond substituents is 2. The molecule has 0 amide bonds. The first-order valence-corrected chi connectivity index (χ1v) is 11.3. The second-order valence-electron chi connectivity index (χ2n) is 6.81. The molecule has 1 fully saturated rings. The maximum absolute atomic E-state index is 10.2. The lowest BCUT2D eigenvalue weighted by Gasteiger charge is -2.25. The highest BCUT2D eigenvalue weighted by Crippen LogP contribution is 2.39. The molecule has 0 radical (unpaired) electrons. The van der Waals surface area contributed by atoms with Crippen molar-refractivity contribution in [1.29, 1.82) is 0 Å². The van der Waals surface area contributed by atoms with Crippen LogP contribution in [-0.2, 0) is 0 Å². The average molecular weight is 529 g/mol. The van der Waals surface area contributed by atoms with Gasteiger partial charge in [0.2, 0.25) is 0 Å². The molecule has 2 atom stereocenters. The first kappa shape index (κ1) is 23.8. The van der Waals surface area contributed by atoms with E-state index in [4.69, 9.17) is 69.6 Å². The average Bonchev–Trinajstić information content (AvgIpc) is 2.71. The smallest absolute Gasteiger partial charge is 0.144 e. The molecule has 0 bridgehead atoms. The molecule has 0 saturated heterocycles. The van der Waals surface area contributed by atoms with Crippen LogP contribution in [0.3, 0.4) is 0 Å². The fraction of sp³-hybridized carbons (Fsp3) is 0.300. The Hall–Kier alpha value is -0.880. The molecular weight excluding hydrogens is 513 g/mol. The van der Waals surface area contributed by atoms with Crippen molar-refractivity contribution >= 4 is 82.0 Å². The summed E-state index contributed by atoms with van der Waals surface area (Å²) >= 11 is 36.4. The first-order chi connectivity index (χ1) is 14.2. The minimum Gasteiger partial charge on any atom is -0.506 e. The van der Waals surface area contributed by atoms with Gasteiger partial charge in [0.05, 0.1) is 53.3 Å². The maximum atomic E-state index is 10.2. The van der Waals surface area contributed by atoms with Crippen LogP contribution in [-0.4, -0.2) is 34.7 Å². The molecule has 4 nitrogen and oxygen atoms in total. The third-order valence-electron chi connectivity index (χ3n) is 4.85. The van der Waals surface area contributed by atoms with Gasteiger partial charge in [-0.05, 0) is 25.0 Å². The van der Waals surface area contributed by atoms with E-state index in [9.17, 15) is 10.2 Å². The van der Waals surface area contributed by atoms with Crippen molar-refractivity contribution in [3.05, 3.63) is 53.4 Å². The van der Waals surface area contributed by atoms with Gasteiger partial charge in [0.15, 0.2) is 0 Å². The third-order valence-corrected chi connectivity index (χ3v) is 7.03. The number of rotatable bonds is 4. The maximum Gasteiger partial charge on any atom is 0.144 e. The quantitative estimate of drug-likeness (QED) is 0.313. The summed E-state index contributed by atoms with van der Waals surface area (Å²) in [5.41, 5.74) is 0.509. The van der Waals surface area contributed by atoms with Gasteiger partial charge in [-0.1, -0.05) is 82.4 Å². The van der Waals surface area contributed by atoms with Crippen LogP contribution in [0.15, 0.2) is 22.1 Å². The highest BCUT2D eigenvalue weighted by atomic mass is 35.5. The van der Waals surface area contributed by atoms with E-state index in [0.29, 0.717) is 0 Å². The summed E-state index contributed by atoms with van der Waals surface area (Å²) in [4.78, 5) is 9.17. The predicted octanol–water partition coefficient (Wildman–Crippen LogP) is 7.87. The Balaban J connectivity index is 1.89. The standard InChI is InChI=1S/C20H16Cl6N2O2/c21-11-5-13(23)19(29)9(17(11)25)7-27-15-3-1-2-4-16(15)28-8-10-18(26)12(22)6-14(24)20(10)30/h5-8,15-16,29-30H,1-4H2/t15-,16-/m1/s1. The van der Waals surface area contributed by atoms with Gasteiger partial charge in [0.25, 0.3) is 0 Å². The summed E-state index contributed by atoms with van der Waals surface area (Å²) in [6, 6.07) is 2.41. The lowest BCUT2D eigenvalue weighted by atomic mass is 9.91. The summed E-state index contributed by atoms with van der Waals surface area (Å²) in [7, 11) is 0. The number of aromatic hydroxyl groups is 2. The van der Waals surface area contributed by atoms with Crippen molar-refractivity contribution in [1.82, 2.24) is 0 Å². The molecule has 2 aromatic carbocycles. The molecule has 2 aromatic rings. The van der Waals surface area contributed by atoms with E-state index in [2.05, 4.69) is 9.98 Å². The Bertz CT molecular complexity index is 891. The molecule has 30 heavy (non-hydrogen) atoms. The van der Waals surface area contributed by atoms with Crippen molar-refractivity contribution in [2.45, 2.75) is 37.8 Å². The monoisotopic (exact) mass is 526 g/mol. The van der Waals surface area contributed by atoms with Gasteiger partial charge in [-0.15, -0.1) is 0 Å². The first-order valence-electron chi connectivity index (χ1n) is 9.00. The highest BCUT2D eigenvalue weighted by molar-refractivity contribution is 6.46. The molecule has 3 rings (SSSR count). The zero-order chi connectivity index (χ0) is 22.0. The van der Waals surface area contributed by atoms with Crippen molar-refractivity contribution < 1.29 is 10.2 Å². The molecular formula is C20H16Cl6N2O2. The molecule has 1 aliphatic rings. The number of hydrogen-bond donors (Lipinski definition) is 2. The third kappa shape index (κ3) is 5.12. The Kier molecular flexibility index (Phi) is 8.05. The van der Waals surface area contributed by atoms with E-state index in [0.717, 1.165) is 25.7 Å². The van der Waals surface area contributed by atoms with Gasteiger partial charge in [-0.3, -0.25) is 9.98 Å². The molecule has 1 saturated carbocycles. The number of phenols is 2. The number of halogens is 6. The number of nitrogens with zero attached hydrogens (tertiary/aromatic N) is 2. The zero-order valence-corrected chi connectivity index (χ0v) is 19.9. The summed E-state index contributed by atoms with van der Waals surface area (Å²) in [5, 5.41) is 21.4. The molecule has 10 heteroatoms. The lowest BCUT2D eigenvalue weighted by Crippen LogP contribution is -2.27. The topological polar surface area (TPSA) is 65.2 Å². The Morgan fingerprint density at radius 1 is 0.667 bits per heavy atom.